The van der Waals surface area contributed by atoms with E-state index in [9.17, 15) is 9.36 Å². The molecule has 1 unspecified atom stereocenters. The molecule has 0 bridgehead atoms. The monoisotopic (exact) mass is 459 g/mol. The smallest absolute Gasteiger partial charge is 0.325 e. The molecule has 2 aromatic rings. The number of halogens is 1. The normalized spacial score (nSPS) is 13.8. The lowest BCUT2D eigenvalue weighted by Crippen LogP contribution is -2.37. The van der Waals surface area contributed by atoms with E-state index in [1.807, 2.05) is 12.1 Å². The molecule has 0 aliphatic rings. The molecule has 1 aromatic heterocycles. The standard InChI is InChI=1S/C20H27ClNO5PS/c1-20(22,12-14-28(24,25)26)11-10-17-8-9-19(29-17)18(23)3-2-13-27-16-6-4-15(21)5-7-16/h4-9H,2-3,10-14,22H2,1H3,(H2,24,25,26). The van der Waals surface area contributed by atoms with Crippen molar-refractivity contribution in [3.05, 3.63) is 51.2 Å². The molecule has 0 saturated carbocycles. The minimum absolute atomic E-state index is 0.0814. The van der Waals surface area contributed by atoms with Gasteiger partial charge >= 0.3 is 7.60 Å². The molecule has 0 amide bonds. The van der Waals surface area contributed by atoms with Crippen molar-refractivity contribution in [1.82, 2.24) is 0 Å². The van der Waals surface area contributed by atoms with E-state index in [0.29, 0.717) is 42.2 Å². The van der Waals surface area contributed by atoms with Crippen LogP contribution in [0.1, 0.15) is 47.2 Å². The zero-order valence-corrected chi connectivity index (χ0v) is 18.8. The third-order valence-corrected chi connectivity index (χ3v) is 6.73. The van der Waals surface area contributed by atoms with Crippen LogP contribution in [0.15, 0.2) is 36.4 Å². The molecule has 1 heterocycles. The predicted molar refractivity (Wildman–Crippen MR) is 117 cm³/mol. The highest BCUT2D eigenvalue weighted by atomic mass is 35.5. The summed E-state index contributed by atoms with van der Waals surface area (Å²) in [7, 11) is -4.04. The summed E-state index contributed by atoms with van der Waals surface area (Å²) in [6, 6.07) is 10.8. The van der Waals surface area contributed by atoms with E-state index in [0.717, 1.165) is 10.6 Å². The van der Waals surface area contributed by atoms with Crippen LogP contribution in [0.3, 0.4) is 0 Å². The number of benzene rings is 1. The van der Waals surface area contributed by atoms with Crippen molar-refractivity contribution in [2.24, 2.45) is 5.73 Å². The SMILES string of the molecule is CC(N)(CCc1ccc(C(=O)CCCOc2ccc(Cl)cc2)s1)CCP(=O)(O)O. The van der Waals surface area contributed by atoms with Gasteiger partial charge in [-0.15, -0.1) is 11.3 Å². The Hall–Kier alpha value is -1.21. The second-order valence-electron chi connectivity index (χ2n) is 7.39. The molecule has 0 spiro atoms. The molecule has 4 N–H and O–H groups in total. The maximum absolute atomic E-state index is 12.4. The number of nitrogens with two attached hydrogens (primary N) is 1. The van der Waals surface area contributed by atoms with Gasteiger partial charge in [0.1, 0.15) is 5.75 Å². The number of rotatable bonds is 12. The Balaban J connectivity index is 1.73. The van der Waals surface area contributed by atoms with Gasteiger partial charge < -0.3 is 20.3 Å². The minimum Gasteiger partial charge on any atom is -0.494 e. The molecule has 2 rings (SSSR count). The van der Waals surface area contributed by atoms with Crippen molar-refractivity contribution in [2.45, 2.75) is 44.6 Å². The summed E-state index contributed by atoms with van der Waals surface area (Å²) in [6.45, 7) is 2.25. The molecular weight excluding hydrogens is 433 g/mol. The zero-order chi connectivity index (χ0) is 21.5. The number of thiophene rings is 1. The largest absolute Gasteiger partial charge is 0.494 e. The highest BCUT2D eigenvalue weighted by Gasteiger charge is 2.24. The molecule has 0 aliphatic carbocycles. The first-order valence-electron chi connectivity index (χ1n) is 9.38. The third kappa shape index (κ3) is 9.43. The quantitative estimate of drug-likeness (QED) is 0.242. The van der Waals surface area contributed by atoms with Crippen molar-refractivity contribution >= 4 is 36.3 Å². The molecule has 1 aromatic carbocycles. The van der Waals surface area contributed by atoms with Gasteiger partial charge in [0.25, 0.3) is 0 Å². The van der Waals surface area contributed by atoms with Crippen molar-refractivity contribution in [1.29, 1.82) is 0 Å². The number of hydrogen-bond donors (Lipinski definition) is 3. The van der Waals surface area contributed by atoms with E-state index >= 15 is 0 Å². The number of carbonyl (C=O) groups is 1. The van der Waals surface area contributed by atoms with Gasteiger partial charge in [0.2, 0.25) is 0 Å². The number of ether oxygens (including phenoxy) is 1. The maximum atomic E-state index is 12.4. The average molecular weight is 460 g/mol. The number of carbonyl (C=O) groups excluding carboxylic acids is 1. The Morgan fingerprint density at radius 2 is 1.90 bits per heavy atom. The fourth-order valence-corrected chi connectivity index (χ4v) is 4.58. The first-order chi connectivity index (χ1) is 13.5. The van der Waals surface area contributed by atoms with Gasteiger partial charge in [-0.3, -0.25) is 9.36 Å². The van der Waals surface area contributed by atoms with Crippen LogP contribution < -0.4 is 10.5 Å². The van der Waals surface area contributed by atoms with Crippen molar-refractivity contribution < 1.29 is 23.9 Å². The second kappa shape index (κ2) is 10.7. The summed E-state index contributed by atoms with van der Waals surface area (Å²) in [4.78, 5) is 32.1. The lowest BCUT2D eigenvalue weighted by Gasteiger charge is -2.24. The summed E-state index contributed by atoms with van der Waals surface area (Å²) in [5.74, 6) is 0.807. The Morgan fingerprint density at radius 3 is 2.55 bits per heavy atom. The number of aryl methyl sites for hydroxylation is 1. The molecule has 160 valence electrons. The van der Waals surface area contributed by atoms with E-state index in [2.05, 4.69) is 0 Å². The molecular formula is C20H27ClNO5PS. The molecule has 0 aliphatic heterocycles. The predicted octanol–water partition coefficient (Wildman–Crippen LogP) is 4.66. The van der Waals surface area contributed by atoms with Gasteiger partial charge in [0.15, 0.2) is 5.78 Å². The lowest BCUT2D eigenvalue weighted by atomic mass is 9.94. The van der Waals surface area contributed by atoms with E-state index < -0.39 is 13.1 Å². The second-order valence-corrected chi connectivity index (χ2v) is 10.8. The zero-order valence-electron chi connectivity index (χ0n) is 16.3. The summed E-state index contributed by atoms with van der Waals surface area (Å²) < 4.78 is 16.6. The molecule has 9 heteroatoms. The van der Waals surface area contributed by atoms with Crippen LogP contribution >= 0.6 is 30.5 Å². The molecule has 29 heavy (non-hydrogen) atoms. The summed E-state index contributed by atoms with van der Waals surface area (Å²) in [5.41, 5.74) is 5.49. The van der Waals surface area contributed by atoms with E-state index in [1.54, 1.807) is 31.2 Å². The fraction of sp³-hybridized carbons (Fsp3) is 0.450. The van der Waals surface area contributed by atoms with Gasteiger partial charge in [-0.2, -0.15) is 0 Å². The van der Waals surface area contributed by atoms with Crippen LogP contribution in [0, 0.1) is 0 Å². The van der Waals surface area contributed by atoms with Gasteiger partial charge in [0.05, 0.1) is 17.6 Å². The van der Waals surface area contributed by atoms with E-state index in [4.69, 9.17) is 31.9 Å². The van der Waals surface area contributed by atoms with Crippen molar-refractivity contribution in [3.8, 4) is 5.75 Å². The van der Waals surface area contributed by atoms with E-state index in [-0.39, 0.29) is 18.4 Å². The van der Waals surface area contributed by atoms with Crippen LogP contribution in [-0.2, 0) is 11.0 Å². The lowest BCUT2D eigenvalue weighted by molar-refractivity contribution is 0.0977. The Kier molecular flexibility index (Phi) is 8.89. The first-order valence-corrected chi connectivity index (χ1v) is 12.4. The van der Waals surface area contributed by atoms with Crippen LogP contribution in [0.4, 0.5) is 0 Å². The number of ketones is 1. The van der Waals surface area contributed by atoms with Crippen molar-refractivity contribution in [2.75, 3.05) is 12.8 Å². The number of Topliss-reactive ketones (excluding diaryl/α,β-unsaturated/α-hetero) is 1. The van der Waals surface area contributed by atoms with Crippen LogP contribution in [0.25, 0.3) is 0 Å². The molecule has 1 atom stereocenters. The van der Waals surface area contributed by atoms with Crippen LogP contribution in [-0.4, -0.2) is 33.9 Å². The molecule has 0 fully saturated rings. The summed E-state index contributed by atoms with van der Waals surface area (Å²) in [6.07, 6.45) is 2.33. The Labute approximate surface area is 180 Å². The van der Waals surface area contributed by atoms with E-state index in [1.165, 1.54) is 11.3 Å². The van der Waals surface area contributed by atoms with Crippen molar-refractivity contribution in [3.63, 3.8) is 0 Å². The van der Waals surface area contributed by atoms with Crippen LogP contribution in [0.5, 0.6) is 5.75 Å². The van der Waals surface area contributed by atoms with Gasteiger partial charge in [-0.25, -0.2) is 0 Å². The highest BCUT2D eigenvalue weighted by Crippen LogP contribution is 2.37. The summed E-state index contributed by atoms with van der Waals surface area (Å²) >= 11 is 7.28. The maximum Gasteiger partial charge on any atom is 0.325 e. The summed E-state index contributed by atoms with van der Waals surface area (Å²) in [5, 5.41) is 0.651. The third-order valence-electron chi connectivity index (χ3n) is 4.48. The Morgan fingerprint density at radius 1 is 1.21 bits per heavy atom. The fourth-order valence-electron chi connectivity index (χ4n) is 2.67. The van der Waals surface area contributed by atoms with Gasteiger partial charge in [-0.05, 0) is 69.0 Å². The molecule has 0 saturated heterocycles. The van der Waals surface area contributed by atoms with Gasteiger partial charge in [0, 0.05) is 21.9 Å². The number of hydrogen-bond acceptors (Lipinski definition) is 5. The molecule has 0 radical (unpaired) electrons. The average Bonchev–Trinajstić information content (AvgIpc) is 3.12. The van der Waals surface area contributed by atoms with Crippen LogP contribution in [0.2, 0.25) is 5.02 Å². The Bertz CT molecular complexity index is 847. The topological polar surface area (TPSA) is 110 Å². The molecule has 6 nitrogen and oxygen atoms in total. The minimum atomic E-state index is -4.04. The highest BCUT2D eigenvalue weighted by molar-refractivity contribution is 7.51. The first kappa shape index (κ1) is 24.1. The van der Waals surface area contributed by atoms with Gasteiger partial charge in [-0.1, -0.05) is 11.6 Å².